The lowest BCUT2D eigenvalue weighted by Gasteiger charge is -2.35. The molecule has 0 radical (unpaired) electrons. The van der Waals surface area contributed by atoms with E-state index in [9.17, 15) is 9.59 Å². The van der Waals surface area contributed by atoms with E-state index in [0.29, 0.717) is 5.75 Å². The Balaban J connectivity index is 1.23. The second-order valence-electron chi connectivity index (χ2n) is 7.63. The summed E-state index contributed by atoms with van der Waals surface area (Å²) in [5.74, 6) is 0.525. The van der Waals surface area contributed by atoms with E-state index in [0.717, 1.165) is 51.3 Å². The van der Waals surface area contributed by atoms with Crippen molar-refractivity contribution < 1.29 is 9.59 Å². The largest absolute Gasteiger partial charge is 0.339 e. The molecule has 6 heteroatoms. The maximum Gasteiger partial charge on any atom is 0.237 e. The molecule has 2 aromatic carbocycles. The topological polar surface area (TPSA) is 52.7 Å². The van der Waals surface area contributed by atoms with Gasteiger partial charge in [0.25, 0.3) is 0 Å². The molecule has 1 saturated heterocycles. The van der Waals surface area contributed by atoms with Crippen LogP contribution in [0, 0.1) is 0 Å². The Labute approximate surface area is 176 Å². The molecular weight excluding hydrogens is 382 g/mol. The molecule has 0 spiro atoms. The van der Waals surface area contributed by atoms with Gasteiger partial charge in [-0.15, -0.1) is 11.8 Å². The minimum absolute atomic E-state index is 0.0143. The van der Waals surface area contributed by atoms with Gasteiger partial charge in [-0.3, -0.25) is 14.5 Å². The monoisotopic (exact) mass is 409 g/mol. The molecule has 152 valence electrons. The van der Waals surface area contributed by atoms with Crippen molar-refractivity contribution in [2.24, 2.45) is 0 Å². The lowest BCUT2D eigenvalue weighted by atomic mass is 10.1. The van der Waals surface area contributed by atoms with Crippen molar-refractivity contribution in [1.82, 2.24) is 9.80 Å². The first kappa shape index (κ1) is 20.0. The number of hydrogen-bond acceptors (Lipinski definition) is 4. The minimum Gasteiger partial charge on any atom is -0.339 e. The number of thioether (sulfide) groups is 1. The number of piperazine rings is 1. The van der Waals surface area contributed by atoms with E-state index in [-0.39, 0.29) is 17.1 Å². The van der Waals surface area contributed by atoms with E-state index in [2.05, 4.69) is 40.5 Å². The highest BCUT2D eigenvalue weighted by Gasteiger charge is 2.27. The first-order valence-corrected chi connectivity index (χ1v) is 11.3. The second kappa shape index (κ2) is 9.46. The third-order valence-electron chi connectivity index (χ3n) is 5.63. The van der Waals surface area contributed by atoms with Gasteiger partial charge < -0.3 is 10.2 Å². The van der Waals surface area contributed by atoms with Gasteiger partial charge in [-0.1, -0.05) is 48.5 Å². The van der Waals surface area contributed by atoms with E-state index in [4.69, 9.17) is 0 Å². The Kier molecular flexibility index (Phi) is 6.52. The molecular formula is C23H27N3O2S. The molecule has 2 aliphatic rings. The molecule has 0 saturated carbocycles. The lowest BCUT2D eigenvalue weighted by Crippen LogP contribution is -2.49. The summed E-state index contributed by atoms with van der Waals surface area (Å²) in [4.78, 5) is 29.5. The SMILES string of the molecule is O=C1Nc2ccccc2CCC1SCC(=O)N1CCN(Cc2ccccc2)CC1. The van der Waals surface area contributed by atoms with Gasteiger partial charge in [0.15, 0.2) is 0 Å². The van der Waals surface area contributed by atoms with Crippen molar-refractivity contribution in [2.75, 3.05) is 37.2 Å². The summed E-state index contributed by atoms with van der Waals surface area (Å²) < 4.78 is 0. The Morgan fingerprint density at radius 3 is 2.52 bits per heavy atom. The third kappa shape index (κ3) is 5.19. The number of aryl methyl sites for hydroxylation is 1. The Hall–Kier alpha value is -2.31. The van der Waals surface area contributed by atoms with Gasteiger partial charge in [0.2, 0.25) is 11.8 Å². The quantitative estimate of drug-likeness (QED) is 0.825. The van der Waals surface area contributed by atoms with E-state index in [1.165, 1.54) is 22.9 Å². The smallest absolute Gasteiger partial charge is 0.237 e. The molecule has 2 aliphatic heterocycles. The highest BCUT2D eigenvalue weighted by molar-refractivity contribution is 8.01. The molecule has 4 rings (SSSR count). The molecule has 0 aliphatic carbocycles. The molecule has 2 amide bonds. The fourth-order valence-electron chi connectivity index (χ4n) is 3.91. The normalized spacial score (nSPS) is 19.9. The summed E-state index contributed by atoms with van der Waals surface area (Å²) in [6, 6.07) is 18.4. The van der Waals surface area contributed by atoms with E-state index in [1.54, 1.807) is 0 Å². The van der Waals surface area contributed by atoms with E-state index in [1.807, 2.05) is 29.2 Å². The molecule has 1 atom stereocenters. The van der Waals surface area contributed by atoms with Crippen LogP contribution in [0.3, 0.4) is 0 Å². The number of rotatable bonds is 5. The summed E-state index contributed by atoms with van der Waals surface area (Å²) in [7, 11) is 0. The zero-order valence-corrected chi connectivity index (χ0v) is 17.4. The van der Waals surface area contributed by atoms with Crippen LogP contribution in [-0.2, 0) is 22.6 Å². The molecule has 29 heavy (non-hydrogen) atoms. The van der Waals surface area contributed by atoms with Crippen LogP contribution in [0.4, 0.5) is 5.69 Å². The first-order chi connectivity index (χ1) is 14.2. The Morgan fingerprint density at radius 1 is 1.00 bits per heavy atom. The van der Waals surface area contributed by atoms with Crippen LogP contribution in [-0.4, -0.2) is 58.8 Å². The fraction of sp³-hybridized carbons (Fsp3) is 0.391. The predicted octanol–water partition coefficient (Wildman–Crippen LogP) is 3.02. The molecule has 0 aromatic heterocycles. The van der Waals surface area contributed by atoms with Crippen molar-refractivity contribution in [3.05, 3.63) is 65.7 Å². The number of fused-ring (bicyclic) bond motifs is 1. The molecule has 1 fully saturated rings. The molecule has 1 unspecified atom stereocenters. The number of para-hydroxylation sites is 1. The molecule has 2 heterocycles. The summed E-state index contributed by atoms with van der Waals surface area (Å²) in [6.07, 6.45) is 1.63. The number of nitrogens with zero attached hydrogens (tertiary/aromatic N) is 2. The lowest BCUT2D eigenvalue weighted by molar-refractivity contribution is -0.130. The average Bonchev–Trinajstić information content (AvgIpc) is 2.91. The number of amides is 2. The molecule has 2 aromatic rings. The molecule has 1 N–H and O–H groups in total. The minimum atomic E-state index is -0.175. The van der Waals surface area contributed by atoms with Gasteiger partial charge >= 0.3 is 0 Å². The van der Waals surface area contributed by atoms with Gasteiger partial charge in [0.1, 0.15) is 0 Å². The molecule has 5 nitrogen and oxygen atoms in total. The summed E-state index contributed by atoms with van der Waals surface area (Å²) >= 11 is 1.48. The first-order valence-electron chi connectivity index (χ1n) is 10.2. The van der Waals surface area contributed by atoms with Gasteiger partial charge in [0.05, 0.1) is 11.0 Å². The summed E-state index contributed by atoms with van der Waals surface area (Å²) in [6.45, 7) is 4.23. The standard InChI is InChI=1S/C23H27N3O2S/c27-22(26-14-12-25(13-15-26)16-18-6-2-1-3-7-18)17-29-21-11-10-19-8-4-5-9-20(19)24-23(21)28/h1-9,21H,10-17H2,(H,24,28). The second-order valence-corrected chi connectivity index (χ2v) is 8.82. The number of hydrogen-bond donors (Lipinski definition) is 1. The highest BCUT2D eigenvalue weighted by atomic mass is 32.2. The number of carbonyl (C=O) groups is 2. The van der Waals surface area contributed by atoms with Crippen LogP contribution >= 0.6 is 11.8 Å². The Bertz CT molecular complexity index is 850. The van der Waals surface area contributed by atoms with Crippen LogP contribution in [0.2, 0.25) is 0 Å². The van der Waals surface area contributed by atoms with Crippen LogP contribution < -0.4 is 5.32 Å². The Morgan fingerprint density at radius 2 is 1.72 bits per heavy atom. The fourth-order valence-corrected chi connectivity index (χ4v) is 4.93. The summed E-state index contributed by atoms with van der Waals surface area (Å²) in [5, 5.41) is 2.84. The maximum atomic E-state index is 12.7. The van der Waals surface area contributed by atoms with Crippen molar-refractivity contribution in [3.63, 3.8) is 0 Å². The zero-order valence-electron chi connectivity index (χ0n) is 16.5. The highest BCUT2D eigenvalue weighted by Crippen LogP contribution is 2.27. The number of anilines is 1. The van der Waals surface area contributed by atoms with Crippen LogP contribution in [0.25, 0.3) is 0 Å². The number of carbonyl (C=O) groups excluding carboxylic acids is 2. The van der Waals surface area contributed by atoms with Crippen molar-refractivity contribution >= 4 is 29.3 Å². The van der Waals surface area contributed by atoms with Crippen LogP contribution in [0.5, 0.6) is 0 Å². The van der Waals surface area contributed by atoms with Crippen LogP contribution in [0.1, 0.15) is 17.5 Å². The van der Waals surface area contributed by atoms with Gasteiger partial charge in [-0.2, -0.15) is 0 Å². The third-order valence-corrected chi connectivity index (χ3v) is 6.89. The average molecular weight is 410 g/mol. The number of nitrogens with one attached hydrogen (secondary N) is 1. The van der Waals surface area contributed by atoms with Crippen molar-refractivity contribution in [1.29, 1.82) is 0 Å². The van der Waals surface area contributed by atoms with Gasteiger partial charge in [-0.05, 0) is 30.0 Å². The zero-order chi connectivity index (χ0) is 20.1. The predicted molar refractivity (Wildman–Crippen MR) is 118 cm³/mol. The maximum absolute atomic E-state index is 12.7. The van der Waals surface area contributed by atoms with Gasteiger partial charge in [0, 0.05) is 38.4 Å². The van der Waals surface area contributed by atoms with Crippen LogP contribution in [0.15, 0.2) is 54.6 Å². The summed E-state index contributed by atoms with van der Waals surface area (Å²) in [5.41, 5.74) is 3.38. The number of benzene rings is 2. The van der Waals surface area contributed by atoms with E-state index < -0.39 is 0 Å². The van der Waals surface area contributed by atoms with Gasteiger partial charge in [-0.25, -0.2) is 0 Å². The van der Waals surface area contributed by atoms with Crippen molar-refractivity contribution in [3.8, 4) is 0 Å². The molecule has 0 bridgehead atoms. The van der Waals surface area contributed by atoms with E-state index >= 15 is 0 Å². The van der Waals surface area contributed by atoms with Crippen molar-refractivity contribution in [2.45, 2.75) is 24.6 Å².